The van der Waals surface area contributed by atoms with Crippen molar-refractivity contribution in [1.82, 2.24) is 0 Å². The van der Waals surface area contributed by atoms with E-state index in [-0.39, 0.29) is 25.7 Å². The topological polar surface area (TPSA) is 237 Å². The summed E-state index contributed by atoms with van der Waals surface area (Å²) in [5.41, 5.74) is 0. The molecule has 0 radical (unpaired) electrons. The Morgan fingerprint density at radius 2 is 0.568 bits per heavy atom. The smallest absolute Gasteiger partial charge is 0.462 e. The van der Waals surface area contributed by atoms with Crippen molar-refractivity contribution in [2.75, 3.05) is 39.6 Å². The Bertz CT molecular complexity index is 1600. The SMILES string of the molecule is CCCCCCCCCCCCCCCCCCC(=O)O[C@H](COC(=O)CCCCCCCCCCC(C)C)COP(=O)(O)OC[C@@H](O)COP(=O)(O)OC[C@@H](COC(=O)CCCCCCC)OC(=O)CCCCCCCCC(C)C. The molecule has 2 unspecified atom stereocenters. The van der Waals surface area contributed by atoms with Gasteiger partial charge in [-0.1, -0.05) is 253 Å². The van der Waals surface area contributed by atoms with Crippen LogP contribution in [0.5, 0.6) is 0 Å². The van der Waals surface area contributed by atoms with Crippen molar-refractivity contribution in [3.63, 3.8) is 0 Å². The molecule has 0 aromatic carbocycles. The number of carbonyl (C=O) groups excluding carboxylic acids is 4. The Kier molecular flexibility index (Phi) is 53.4. The molecule has 5 atom stereocenters. The van der Waals surface area contributed by atoms with Crippen molar-refractivity contribution in [2.45, 2.75) is 323 Å². The summed E-state index contributed by atoms with van der Waals surface area (Å²) in [6.45, 7) is 9.26. The van der Waals surface area contributed by atoms with Gasteiger partial charge in [-0.25, -0.2) is 9.13 Å². The molecule has 0 aliphatic rings. The minimum absolute atomic E-state index is 0.101. The van der Waals surface area contributed by atoms with Crippen LogP contribution < -0.4 is 0 Å². The molecule has 0 fully saturated rings. The zero-order valence-corrected chi connectivity index (χ0v) is 53.9. The van der Waals surface area contributed by atoms with Crippen LogP contribution in [-0.2, 0) is 65.4 Å². The summed E-state index contributed by atoms with van der Waals surface area (Å²) in [6, 6.07) is 0. The fourth-order valence-corrected chi connectivity index (χ4v) is 10.8. The minimum atomic E-state index is -4.94. The fraction of sp³-hybridized carbons (Fsp3) is 0.935. The van der Waals surface area contributed by atoms with Gasteiger partial charge in [0.05, 0.1) is 26.4 Å². The number of rotatable bonds is 61. The van der Waals surface area contributed by atoms with E-state index in [1.165, 1.54) is 116 Å². The van der Waals surface area contributed by atoms with Gasteiger partial charge in [-0.15, -0.1) is 0 Å². The molecule has 0 saturated carbocycles. The quantitative estimate of drug-likeness (QED) is 0.0222. The van der Waals surface area contributed by atoms with E-state index in [0.29, 0.717) is 31.6 Å². The van der Waals surface area contributed by atoms with Gasteiger partial charge in [0.1, 0.15) is 19.3 Å². The van der Waals surface area contributed by atoms with E-state index < -0.39 is 97.5 Å². The second kappa shape index (κ2) is 54.7. The van der Waals surface area contributed by atoms with Crippen LogP contribution in [0, 0.1) is 11.8 Å². The highest BCUT2D eigenvalue weighted by Gasteiger charge is 2.30. The van der Waals surface area contributed by atoms with Crippen LogP contribution in [0.2, 0.25) is 0 Å². The third-order valence-electron chi connectivity index (χ3n) is 14.2. The summed E-state index contributed by atoms with van der Waals surface area (Å²) in [4.78, 5) is 71.8. The standard InChI is InChI=1S/C62H120O17P2/c1-7-9-11-13-14-15-16-17-18-19-20-21-22-27-34-40-46-61(66)78-58(51-73-60(65)45-39-33-26-24-23-25-31-36-42-54(3)4)53-77-81(70,71)75-49-56(63)48-74-80(68,69)76-52-57(50-72-59(64)44-38-30-12-10-8-2)79-62(67)47-41-35-29-28-32-37-43-55(5)6/h54-58,63H,7-53H2,1-6H3,(H,68,69)(H,70,71)/t56-,57+,58+/m0/s1. The van der Waals surface area contributed by atoms with Gasteiger partial charge in [-0.2, -0.15) is 0 Å². The predicted molar refractivity (Wildman–Crippen MR) is 321 cm³/mol. The Balaban J connectivity index is 5.16. The Morgan fingerprint density at radius 3 is 0.840 bits per heavy atom. The van der Waals surface area contributed by atoms with Gasteiger partial charge in [0.2, 0.25) is 0 Å². The molecule has 3 N–H and O–H groups in total. The van der Waals surface area contributed by atoms with Gasteiger partial charge in [0.15, 0.2) is 12.2 Å². The van der Waals surface area contributed by atoms with Gasteiger partial charge in [-0.05, 0) is 37.5 Å². The fourth-order valence-electron chi connectivity index (χ4n) is 9.18. The summed E-state index contributed by atoms with van der Waals surface area (Å²) in [7, 11) is -9.87. The number of phosphoric acid groups is 2. The summed E-state index contributed by atoms with van der Waals surface area (Å²) in [5, 5.41) is 10.5. The lowest BCUT2D eigenvalue weighted by Gasteiger charge is -2.21. The van der Waals surface area contributed by atoms with Crippen LogP contribution in [0.1, 0.15) is 305 Å². The molecule has 17 nitrogen and oxygen atoms in total. The number of carbonyl (C=O) groups is 4. The molecular formula is C62H120O17P2. The third-order valence-corrected chi connectivity index (χ3v) is 16.1. The highest BCUT2D eigenvalue weighted by molar-refractivity contribution is 7.47. The van der Waals surface area contributed by atoms with E-state index in [9.17, 15) is 43.2 Å². The van der Waals surface area contributed by atoms with Crippen LogP contribution in [0.4, 0.5) is 0 Å². The zero-order chi connectivity index (χ0) is 60.1. The molecule has 0 bridgehead atoms. The van der Waals surface area contributed by atoms with Crippen molar-refractivity contribution in [3.05, 3.63) is 0 Å². The Morgan fingerprint density at radius 1 is 0.333 bits per heavy atom. The molecule has 19 heteroatoms. The number of aliphatic hydroxyl groups is 1. The molecule has 0 spiro atoms. The molecule has 0 amide bonds. The Labute approximate surface area is 492 Å². The molecule has 0 aliphatic heterocycles. The predicted octanol–water partition coefficient (Wildman–Crippen LogP) is 16.9. The molecule has 0 aromatic rings. The van der Waals surface area contributed by atoms with Gasteiger partial charge in [0, 0.05) is 25.7 Å². The summed E-state index contributed by atoms with van der Waals surface area (Å²) < 4.78 is 67.7. The molecule has 81 heavy (non-hydrogen) atoms. The number of hydrogen-bond acceptors (Lipinski definition) is 15. The number of unbranched alkanes of at least 4 members (excludes halogenated alkanes) is 31. The van der Waals surface area contributed by atoms with E-state index in [4.69, 9.17) is 37.0 Å². The molecular weight excluding hydrogens is 1080 g/mol. The highest BCUT2D eigenvalue weighted by Crippen LogP contribution is 2.45. The van der Waals surface area contributed by atoms with Crippen LogP contribution in [-0.4, -0.2) is 96.7 Å². The van der Waals surface area contributed by atoms with Crippen molar-refractivity contribution < 1.29 is 80.2 Å². The summed E-state index contributed by atoms with van der Waals surface area (Å²) >= 11 is 0. The Hall–Kier alpha value is -1.94. The van der Waals surface area contributed by atoms with Gasteiger partial charge < -0.3 is 33.8 Å². The number of phosphoric ester groups is 2. The highest BCUT2D eigenvalue weighted by atomic mass is 31.2. The second-order valence-electron chi connectivity index (χ2n) is 23.4. The van der Waals surface area contributed by atoms with E-state index in [1.807, 2.05) is 0 Å². The summed E-state index contributed by atoms with van der Waals surface area (Å²) in [5.74, 6) is -0.755. The van der Waals surface area contributed by atoms with E-state index in [0.717, 1.165) is 102 Å². The van der Waals surface area contributed by atoms with Crippen LogP contribution in [0.15, 0.2) is 0 Å². The lowest BCUT2D eigenvalue weighted by molar-refractivity contribution is -0.161. The van der Waals surface area contributed by atoms with Crippen LogP contribution in [0.25, 0.3) is 0 Å². The number of aliphatic hydroxyl groups excluding tert-OH is 1. The van der Waals surface area contributed by atoms with E-state index in [1.54, 1.807) is 0 Å². The minimum Gasteiger partial charge on any atom is -0.462 e. The van der Waals surface area contributed by atoms with Crippen LogP contribution >= 0.6 is 15.6 Å². The maximum absolute atomic E-state index is 12.9. The first-order chi connectivity index (χ1) is 38.9. The number of ether oxygens (including phenoxy) is 4. The first kappa shape index (κ1) is 79.1. The van der Waals surface area contributed by atoms with Crippen molar-refractivity contribution in [1.29, 1.82) is 0 Å². The first-order valence-corrected chi connectivity index (χ1v) is 35.5. The normalized spacial score (nSPS) is 14.4. The monoisotopic (exact) mass is 1200 g/mol. The van der Waals surface area contributed by atoms with Crippen molar-refractivity contribution in [3.8, 4) is 0 Å². The lowest BCUT2D eigenvalue weighted by Crippen LogP contribution is -2.30. The number of esters is 4. The van der Waals surface area contributed by atoms with E-state index >= 15 is 0 Å². The van der Waals surface area contributed by atoms with Gasteiger partial charge in [0.25, 0.3) is 0 Å². The molecule has 0 heterocycles. The zero-order valence-electron chi connectivity index (χ0n) is 52.1. The van der Waals surface area contributed by atoms with Crippen molar-refractivity contribution >= 4 is 39.5 Å². The maximum atomic E-state index is 12.9. The molecule has 0 saturated heterocycles. The van der Waals surface area contributed by atoms with Crippen molar-refractivity contribution in [2.24, 2.45) is 11.8 Å². The molecule has 0 rings (SSSR count). The average Bonchev–Trinajstić information content (AvgIpc) is 3.42. The third kappa shape index (κ3) is 56.9. The second-order valence-corrected chi connectivity index (χ2v) is 26.3. The molecule has 0 aliphatic carbocycles. The largest absolute Gasteiger partial charge is 0.472 e. The summed E-state index contributed by atoms with van der Waals surface area (Å²) in [6.07, 6.45) is 36.8. The molecule has 0 aromatic heterocycles. The molecule has 480 valence electrons. The average molecular weight is 1200 g/mol. The van der Waals surface area contributed by atoms with Gasteiger partial charge >= 0.3 is 39.5 Å². The van der Waals surface area contributed by atoms with Crippen LogP contribution in [0.3, 0.4) is 0 Å². The first-order valence-electron chi connectivity index (χ1n) is 32.5. The number of hydrogen-bond donors (Lipinski definition) is 3. The lowest BCUT2D eigenvalue weighted by atomic mass is 10.0. The van der Waals surface area contributed by atoms with E-state index in [2.05, 4.69) is 41.5 Å². The maximum Gasteiger partial charge on any atom is 0.472 e. The van der Waals surface area contributed by atoms with Gasteiger partial charge in [-0.3, -0.25) is 37.3 Å².